The fraction of sp³-hybridized carbons (Fsp3) is 0.435. The molecule has 1 amide bonds. The molecule has 2 atom stereocenters. The number of aromatic nitrogens is 1. The summed E-state index contributed by atoms with van der Waals surface area (Å²) >= 11 is 0. The van der Waals surface area contributed by atoms with Gasteiger partial charge in [0.05, 0.1) is 6.54 Å². The molecule has 0 radical (unpaired) electrons. The number of rotatable bonds is 5. The Hall–Kier alpha value is -3.05. The van der Waals surface area contributed by atoms with Crippen molar-refractivity contribution in [3.8, 4) is 6.07 Å². The van der Waals surface area contributed by atoms with Crippen LogP contribution in [0.5, 0.6) is 0 Å². The summed E-state index contributed by atoms with van der Waals surface area (Å²) in [5.74, 6) is -1.17. The second-order valence-electron chi connectivity index (χ2n) is 8.66. The maximum Gasteiger partial charge on any atom is 0.236 e. The van der Waals surface area contributed by atoms with Gasteiger partial charge in [0.1, 0.15) is 23.4 Å². The standard InChI is InChI=1S/C23H23F2N5O/c24-15-1-4-20(21(25)9-15)23(6-7-23)28-12-22(31)29-13-18-2-3-19(14-29)30(18)17-5-8-27-16(10-17)11-26/h1,4-5,8-10,18-19,28H,2-3,6-7,12-14H2. The van der Waals surface area contributed by atoms with E-state index in [9.17, 15) is 13.6 Å². The Balaban J connectivity index is 1.24. The number of carbonyl (C=O) groups is 1. The maximum atomic E-state index is 14.2. The first-order valence-electron chi connectivity index (χ1n) is 10.6. The minimum Gasteiger partial charge on any atom is -0.362 e. The highest BCUT2D eigenvalue weighted by molar-refractivity contribution is 5.79. The quantitative estimate of drug-likeness (QED) is 0.801. The van der Waals surface area contributed by atoms with Gasteiger partial charge in [-0.25, -0.2) is 13.8 Å². The van der Waals surface area contributed by atoms with Crippen molar-refractivity contribution in [1.82, 2.24) is 15.2 Å². The lowest BCUT2D eigenvalue weighted by Crippen LogP contribution is -2.57. The molecular weight excluding hydrogens is 400 g/mol. The van der Waals surface area contributed by atoms with E-state index in [4.69, 9.17) is 5.26 Å². The minimum absolute atomic E-state index is 0.00205. The van der Waals surface area contributed by atoms with Crippen LogP contribution in [0.1, 0.15) is 36.9 Å². The molecule has 0 spiro atoms. The maximum absolute atomic E-state index is 14.2. The molecule has 1 aromatic heterocycles. The lowest BCUT2D eigenvalue weighted by molar-refractivity contribution is -0.131. The number of piperazine rings is 1. The number of carbonyl (C=O) groups excluding carboxylic acids is 1. The Morgan fingerprint density at radius 3 is 2.58 bits per heavy atom. The second kappa shape index (κ2) is 7.57. The van der Waals surface area contributed by atoms with Crippen LogP contribution in [0.2, 0.25) is 0 Å². The van der Waals surface area contributed by atoms with Crippen LogP contribution < -0.4 is 10.2 Å². The summed E-state index contributed by atoms with van der Waals surface area (Å²) in [6.45, 7) is 1.38. The van der Waals surface area contributed by atoms with Crippen molar-refractivity contribution >= 4 is 11.6 Å². The molecule has 5 rings (SSSR count). The number of amides is 1. The third kappa shape index (κ3) is 3.63. The van der Waals surface area contributed by atoms with Crippen molar-refractivity contribution < 1.29 is 13.6 Å². The number of hydrogen-bond donors (Lipinski definition) is 1. The van der Waals surface area contributed by atoms with Gasteiger partial charge < -0.3 is 9.80 Å². The predicted octanol–water partition coefficient (Wildman–Crippen LogP) is 2.69. The molecule has 1 aromatic carbocycles. The Labute approximate surface area is 179 Å². The molecule has 2 saturated heterocycles. The first kappa shape index (κ1) is 19.9. The van der Waals surface area contributed by atoms with E-state index in [0.29, 0.717) is 24.3 Å². The molecule has 2 unspecified atom stereocenters. The number of likely N-dealkylation sites (tertiary alicyclic amines) is 1. The number of fused-ring (bicyclic) bond motifs is 2. The van der Waals surface area contributed by atoms with Gasteiger partial charge in [0, 0.05) is 54.2 Å². The molecule has 2 aliphatic heterocycles. The zero-order valence-electron chi connectivity index (χ0n) is 17.0. The van der Waals surface area contributed by atoms with E-state index in [1.807, 2.05) is 11.0 Å². The van der Waals surface area contributed by atoms with Crippen molar-refractivity contribution in [1.29, 1.82) is 5.26 Å². The molecule has 2 bridgehead atoms. The molecule has 1 N–H and O–H groups in total. The van der Waals surface area contributed by atoms with Gasteiger partial charge in [-0.1, -0.05) is 6.07 Å². The topological polar surface area (TPSA) is 72.3 Å². The van der Waals surface area contributed by atoms with Crippen LogP contribution in [0.25, 0.3) is 0 Å². The normalized spacial score (nSPS) is 23.5. The van der Waals surface area contributed by atoms with Crippen molar-refractivity contribution in [2.24, 2.45) is 0 Å². The fourth-order valence-electron chi connectivity index (χ4n) is 5.07. The Morgan fingerprint density at radius 1 is 1.19 bits per heavy atom. The summed E-state index contributed by atoms with van der Waals surface area (Å²) in [5.41, 5.74) is 1.23. The fourth-order valence-corrected chi connectivity index (χ4v) is 5.07. The van der Waals surface area contributed by atoms with E-state index in [1.165, 1.54) is 12.1 Å². The average Bonchev–Trinajstić information content (AvgIpc) is 3.51. The van der Waals surface area contributed by atoms with Gasteiger partial charge in [0.15, 0.2) is 0 Å². The first-order chi connectivity index (χ1) is 15.0. The van der Waals surface area contributed by atoms with Crippen LogP contribution in [-0.2, 0) is 10.3 Å². The van der Waals surface area contributed by atoms with E-state index >= 15 is 0 Å². The molecule has 6 nitrogen and oxygen atoms in total. The van der Waals surface area contributed by atoms with Crippen LogP contribution >= 0.6 is 0 Å². The monoisotopic (exact) mass is 423 g/mol. The lowest BCUT2D eigenvalue weighted by Gasteiger charge is -2.42. The van der Waals surface area contributed by atoms with Crippen LogP contribution in [-0.4, -0.2) is 47.5 Å². The van der Waals surface area contributed by atoms with Gasteiger partial charge in [-0.15, -0.1) is 0 Å². The molecule has 3 aliphatic rings. The number of benzene rings is 1. The zero-order valence-corrected chi connectivity index (χ0v) is 17.0. The van der Waals surface area contributed by atoms with E-state index in [2.05, 4.69) is 21.3 Å². The second-order valence-corrected chi connectivity index (χ2v) is 8.66. The molecule has 3 fully saturated rings. The summed E-state index contributed by atoms with van der Waals surface area (Å²) < 4.78 is 27.5. The van der Waals surface area contributed by atoms with Gasteiger partial charge in [-0.05, 0) is 43.9 Å². The summed E-state index contributed by atoms with van der Waals surface area (Å²) in [7, 11) is 0. The third-order valence-electron chi connectivity index (χ3n) is 6.77. The summed E-state index contributed by atoms with van der Waals surface area (Å²) in [4.78, 5) is 21.2. The van der Waals surface area contributed by atoms with Crippen molar-refractivity contribution in [3.05, 3.63) is 59.4 Å². The summed E-state index contributed by atoms with van der Waals surface area (Å²) in [6, 6.07) is 9.85. The van der Waals surface area contributed by atoms with Gasteiger partial charge >= 0.3 is 0 Å². The molecule has 1 saturated carbocycles. The first-order valence-corrected chi connectivity index (χ1v) is 10.6. The predicted molar refractivity (Wildman–Crippen MR) is 110 cm³/mol. The SMILES string of the molecule is N#Cc1cc(N2C3CCC2CN(C(=O)CNC2(c4ccc(F)cc4F)CC2)C3)ccn1. The molecule has 1 aliphatic carbocycles. The van der Waals surface area contributed by atoms with Crippen molar-refractivity contribution in [2.45, 2.75) is 43.3 Å². The Morgan fingerprint density at radius 2 is 1.94 bits per heavy atom. The Kier molecular flexibility index (Phi) is 4.86. The average molecular weight is 423 g/mol. The third-order valence-corrected chi connectivity index (χ3v) is 6.77. The van der Waals surface area contributed by atoms with Gasteiger partial charge in [0.25, 0.3) is 0 Å². The molecule has 2 aromatic rings. The van der Waals surface area contributed by atoms with E-state index in [0.717, 1.165) is 37.4 Å². The van der Waals surface area contributed by atoms with Crippen molar-refractivity contribution in [2.75, 3.05) is 24.5 Å². The number of pyridine rings is 1. The lowest BCUT2D eigenvalue weighted by atomic mass is 10.0. The zero-order chi connectivity index (χ0) is 21.6. The highest BCUT2D eigenvalue weighted by atomic mass is 19.1. The highest BCUT2D eigenvalue weighted by Crippen LogP contribution is 2.46. The van der Waals surface area contributed by atoms with Crippen LogP contribution in [0.4, 0.5) is 14.5 Å². The largest absolute Gasteiger partial charge is 0.362 e. The number of nitrogens with one attached hydrogen (secondary N) is 1. The summed E-state index contributed by atoms with van der Waals surface area (Å²) in [6.07, 6.45) is 5.10. The number of anilines is 1. The summed E-state index contributed by atoms with van der Waals surface area (Å²) in [5, 5.41) is 12.4. The van der Waals surface area contributed by atoms with E-state index in [-0.39, 0.29) is 24.5 Å². The number of halogens is 2. The van der Waals surface area contributed by atoms with E-state index < -0.39 is 17.2 Å². The number of hydrogen-bond acceptors (Lipinski definition) is 5. The van der Waals surface area contributed by atoms with Gasteiger partial charge in [-0.2, -0.15) is 5.26 Å². The van der Waals surface area contributed by atoms with Crippen LogP contribution in [0, 0.1) is 23.0 Å². The van der Waals surface area contributed by atoms with Crippen molar-refractivity contribution in [3.63, 3.8) is 0 Å². The van der Waals surface area contributed by atoms with Crippen LogP contribution in [0.15, 0.2) is 36.5 Å². The Bertz CT molecular complexity index is 1050. The molecule has 3 heterocycles. The molecule has 160 valence electrons. The van der Waals surface area contributed by atoms with E-state index in [1.54, 1.807) is 12.3 Å². The van der Waals surface area contributed by atoms with Gasteiger partial charge in [-0.3, -0.25) is 10.1 Å². The highest BCUT2D eigenvalue weighted by Gasteiger charge is 2.47. The number of nitrogens with zero attached hydrogens (tertiary/aromatic N) is 4. The molecule has 31 heavy (non-hydrogen) atoms. The smallest absolute Gasteiger partial charge is 0.236 e. The minimum atomic E-state index is -0.599. The molecular formula is C23H23F2N5O. The molecule has 8 heteroatoms. The van der Waals surface area contributed by atoms with Gasteiger partial charge in [0.2, 0.25) is 5.91 Å². The number of nitriles is 1. The van der Waals surface area contributed by atoms with Crippen LogP contribution in [0.3, 0.4) is 0 Å².